The average Bonchev–Trinajstić information content (AvgIpc) is 2.95. The van der Waals surface area contributed by atoms with Crippen molar-refractivity contribution in [3.63, 3.8) is 0 Å². The number of rotatable bonds is 1. The molecule has 2 rings (SSSR count). The fraction of sp³-hybridized carbons (Fsp3) is 0.421. The van der Waals surface area contributed by atoms with Crippen molar-refractivity contribution in [3.05, 3.63) is 48.1 Å². The SMILES string of the molecule is COc1cc(O)cc(C(C)(C)C)c1.C[C](C)=[Ti+].Cl.Cl.[C-]1=CC=CC1. The Morgan fingerprint density at radius 3 is 2.00 bits per heavy atom. The molecule has 0 heterocycles. The normalized spacial score (nSPS) is 11.0. The molecule has 2 nitrogen and oxygen atoms in total. The van der Waals surface area contributed by atoms with Crippen molar-refractivity contribution in [1.29, 1.82) is 0 Å². The van der Waals surface area contributed by atoms with Crippen LogP contribution < -0.4 is 4.74 Å². The van der Waals surface area contributed by atoms with E-state index in [9.17, 15) is 5.11 Å². The van der Waals surface area contributed by atoms with Gasteiger partial charge in [0.1, 0.15) is 11.5 Å². The number of methoxy groups -OCH3 is 1. The molecule has 0 amide bonds. The van der Waals surface area contributed by atoms with Gasteiger partial charge in [0.15, 0.2) is 0 Å². The van der Waals surface area contributed by atoms with Crippen LogP contribution in [0.4, 0.5) is 0 Å². The standard InChI is InChI=1S/C11H16O2.C5H5.C3H6.2ClH.Ti/c1-11(2,3)8-5-9(12)7-10(6-8)13-4;1-2-4-5-3-1;1-3-2;;;/h5-7,12H,1-4H3;1-3H,4H2;1-2H3;2*1H;/q;-1;;;;+1. The molecule has 0 saturated heterocycles. The number of hydrogen-bond donors (Lipinski definition) is 1. The number of halogens is 2. The number of phenols is 1. The summed E-state index contributed by atoms with van der Waals surface area (Å²) in [6.45, 7) is 10.5. The van der Waals surface area contributed by atoms with Gasteiger partial charge in [0.2, 0.25) is 0 Å². The summed E-state index contributed by atoms with van der Waals surface area (Å²) in [4.78, 5) is 0. The van der Waals surface area contributed by atoms with Gasteiger partial charge in [-0.15, -0.1) is 31.2 Å². The average molecular weight is 408 g/mol. The zero-order valence-electron chi connectivity index (χ0n) is 15.3. The van der Waals surface area contributed by atoms with Gasteiger partial charge >= 0.3 is 37.6 Å². The largest absolute Gasteiger partial charge is 0.273 e. The molecule has 0 radical (unpaired) electrons. The van der Waals surface area contributed by atoms with Crippen molar-refractivity contribution in [3.8, 4) is 11.5 Å². The second kappa shape index (κ2) is 14.8. The first-order valence-electron chi connectivity index (χ1n) is 7.29. The van der Waals surface area contributed by atoms with Crippen LogP contribution in [0, 0.1) is 6.08 Å². The Morgan fingerprint density at radius 1 is 1.17 bits per heavy atom. The van der Waals surface area contributed by atoms with E-state index in [1.807, 2.05) is 18.2 Å². The minimum absolute atomic E-state index is 0. The van der Waals surface area contributed by atoms with Gasteiger partial charge in [-0.1, -0.05) is 20.8 Å². The Kier molecular flexibility index (Phi) is 17.4. The molecule has 0 unspecified atom stereocenters. The van der Waals surface area contributed by atoms with E-state index in [0.29, 0.717) is 5.75 Å². The molecule has 0 saturated carbocycles. The van der Waals surface area contributed by atoms with Gasteiger partial charge in [0.05, 0.1) is 7.11 Å². The molecule has 135 valence electrons. The number of hydrogen-bond acceptors (Lipinski definition) is 2. The minimum atomic E-state index is 0. The summed E-state index contributed by atoms with van der Waals surface area (Å²) in [5.41, 5.74) is 1.11. The van der Waals surface area contributed by atoms with E-state index in [1.54, 1.807) is 19.2 Å². The predicted octanol–water partition coefficient (Wildman–Crippen LogP) is 5.59. The molecule has 0 bridgehead atoms. The van der Waals surface area contributed by atoms with E-state index in [-0.39, 0.29) is 36.0 Å². The summed E-state index contributed by atoms with van der Waals surface area (Å²) < 4.78 is 6.49. The number of benzene rings is 1. The molecule has 0 aliphatic heterocycles. The van der Waals surface area contributed by atoms with Crippen LogP contribution in [0.3, 0.4) is 0 Å². The van der Waals surface area contributed by atoms with E-state index >= 15 is 0 Å². The molecule has 0 fully saturated rings. The van der Waals surface area contributed by atoms with Gasteiger partial charge in [-0.25, -0.2) is 12.2 Å². The number of ether oxygens (including phenoxy) is 1. The van der Waals surface area contributed by atoms with Crippen molar-refractivity contribution in [2.45, 2.75) is 46.5 Å². The van der Waals surface area contributed by atoms with Gasteiger partial charge in [-0.2, -0.15) is 6.08 Å². The Balaban J connectivity index is -0.000000335. The molecule has 1 aliphatic carbocycles. The zero-order valence-corrected chi connectivity index (χ0v) is 18.5. The fourth-order valence-corrected chi connectivity index (χ4v) is 1.47. The van der Waals surface area contributed by atoms with Crippen LogP contribution in [0.25, 0.3) is 0 Å². The molecule has 0 spiro atoms. The smallest absolute Gasteiger partial charge is 0.109 e. The van der Waals surface area contributed by atoms with E-state index in [1.165, 1.54) is 3.81 Å². The summed E-state index contributed by atoms with van der Waals surface area (Å²) in [5, 5.41) is 9.41. The molecule has 0 aromatic heterocycles. The van der Waals surface area contributed by atoms with Crippen molar-refractivity contribution in [2.24, 2.45) is 0 Å². The quantitative estimate of drug-likeness (QED) is 0.485. The van der Waals surface area contributed by atoms with Gasteiger partial charge in [0.25, 0.3) is 0 Å². The fourth-order valence-electron chi connectivity index (χ4n) is 1.47. The molecule has 1 aromatic carbocycles. The third-order valence-corrected chi connectivity index (χ3v) is 2.58. The molecule has 1 aliphatic rings. The van der Waals surface area contributed by atoms with Crippen LogP contribution in [-0.2, 0) is 25.4 Å². The van der Waals surface area contributed by atoms with Crippen molar-refractivity contribution < 1.29 is 29.8 Å². The summed E-state index contributed by atoms with van der Waals surface area (Å²) in [7, 11) is 1.60. The molecule has 1 aromatic rings. The van der Waals surface area contributed by atoms with Gasteiger partial charge < -0.3 is 9.84 Å². The maximum Gasteiger partial charge on any atom is -0.109 e. The first-order valence-corrected chi connectivity index (χ1v) is 8.07. The Labute approximate surface area is 171 Å². The van der Waals surface area contributed by atoms with Crippen LogP contribution in [0.1, 0.15) is 46.6 Å². The second-order valence-corrected chi connectivity index (χ2v) is 7.73. The molecular weight excluding hydrogens is 379 g/mol. The third kappa shape index (κ3) is 15.0. The van der Waals surface area contributed by atoms with E-state index in [0.717, 1.165) is 12.0 Å². The number of aromatic hydroxyl groups is 1. The minimum Gasteiger partial charge on any atom is -0.273 e. The van der Waals surface area contributed by atoms with Gasteiger partial charge in [0, 0.05) is 6.07 Å². The molecule has 5 heteroatoms. The van der Waals surface area contributed by atoms with Crippen LogP contribution in [0.5, 0.6) is 11.5 Å². The van der Waals surface area contributed by atoms with E-state index < -0.39 is 0 Å². The molecular formula is C19H29Cl2O2Ti. The van der Waals surface area contributed by atoms with Crippen LogP contribution in [0.2, 0.25) is 0 Å². The maximum absolute atomic E-state index is 9.41. The predicted molar refractivity (Wildman–Crippen MR) is 106 cm³/mol. The van der Waals surface area contributed by atoms with Crippen LogP contribution in [-0.4, -0.2) is 16.0 Å². The third-order valence-electron chi connectivity index (χ3n) is 2.58. The zero-order chi connectivity index (χ0) is 17.2. The number of allylic oxidation sites excluding steroid dienone is 4. The van der Waals surface area contributed by atoms with Crippen LogP contribution in [0.15, 0.2) is 36.4 Å². The topological polar surface area (TPSA) is 29.5 Å². The monoisotopic (exact) mass is 407 g/mol. The van der Waals surface area contributed by atoms with Crippen molar-refractivity contribution in [1.82, 2.24) is 0 Å². The summed E-state index contributed by atoms with van der Waals surface area (Å²) in [6.07, 6.45) is 10.0. The van der Waals surface area contributed by atoms with Crippen LogP contribution >= 0.6 is 24.8 Å². The Bertz CT molecular complexity index is 519. The number of phenolic OH excluding ortho intramolecular Hbond substituents is 1. The first-order chi connectivity index (χ1) is 10.2. The van der Waals surface area contributed by atoms with Crippen molar-refractivity contribution >= 4 is 28.6 Å². The summed E-state index contributed by atoms with van der Waals surface area (Å²) in [6, 6.07) is 5.32. The Morgan fingerprint density at radius 2 is 1.71 bits per heavy atom. The molecule has 0 atom stereocenters. The van der Waals surface area contributed by atoms with Gasteiger partial charge in [-0.05, 0) is 23.1 Å². The summed E-state index contributed by atoms with van der Waals surface area (Å²) in [5.74, 6) is 0.953. The Hall–Kier alpha value is -0.536. The summed E-state index contributed by atoms with van der Waals surface area (Å²) >= 11 is 2.08. The maximum atomic E-state index is 9.41. The van der Waals surface area contributed by atoms with Gasteiger partial charge in [-0.3, -0.25) is 6.08 Å². The van der Waals surface area contributed by atoms with E-state index in [2.05, 4.69) is 66.7 Å². The first kappa shape index (κ1) is 28.3. The molecule has 24 heavy (non-hydrogen) atoms. The second-order valence-electron chi connectivity index (χ2n) is 6.17. The van der Waals surface area contributed by atoms with E-state index in [4.69, 9.17) is 4.74 Å². The molecule has 1 N–H and O–H groups in total. The van der Waals surface area contributed by atoms with Crippen molar-refractivity contribution in [2.75, 3.05) is 7.11 Å².